The molecule has 3 aromatic heterocycles. The number of aromatic nitrogens is 2. The molecule has 0 unspecified atom stereocenters. The van der Waals surface area contributed by atoms with Crippen LogP contribution in [0.2, 0.25) is 0 Å². The number of pyridine rings is 1. The van der Waals surface area contributed by atoms with E-state index < -0.39 is 0 Å². The molecule has 7 aromatic carbocycles. The van der Waals surface area contributed by atoms with Gasteiger partial charge in [-0.1, -0.05) is 141 Å². The maximum Gasteiger partial charge on any atom is 0.144 e. The maximum atomic E-state index is 6.59. The topological polar surface area (TPSA) is 31.0 Å². The van der Waals surface area contributed by atoms with Crippen LogP contribution in [0.5, 0.6) is 0 Å². The number of hydrogen-bond acceptors (Lipinski definition) is 2. The molecule has 0 saturated heterocycles. The molecule has 1 aliphatic rings. The second kappa shape index (κ2) is 11.1. The largest absolute Gasteiger partial charge is 0.455 e. The molecule has 0 bridgehead atoms. The molecule has 250 valence electrons. The lowest BCUT2D eigenvalue weighted by Crippen LogP contribution is -2.15. The summed E-state index contributed by atoms with van der Waals surface area (Å²) in [5.41, 5.74) is 16.6. The van der Waals surface area contributed by atoms with E-state index in [1.54, 1.807) is 0 Å². The van der Waals surface area contributed by atoms with Crippen molar-refractivity contribution < 1.29 is 4.42 Å². The van der Waals surface area contributed by atoms with Crippen molar-refractivity contribution in [2.24, 2.45) is 0 Å². The molecule has 3 heterocycles. The molecule has 10 aromatic rings. The van der Waals surface area contributed by atoms with Crippen LogP contribution in [0.4, 0.5) is 0 Å². The molecule has 0 aliphatic heterocycles. The number of nitrogens with zero attached hydrogens (tertiary/aromatic N) is 2. The molecule has 0 amide bonds. The van der Waals surface area contributed by atoms with Crippen molar-refractivity contribution in [3.05, 3.63) is 181 Å². The van der Waals surface area contributed by atoms with Gasteiger partial charge in [0.15, 0.2) is 0 Å². The fraction of sp³-hybridized carbons (Fsp3) is 0.0600. The summed E-state index contributed by atoms with van der Waals surface area (Å²) in [5, 5.41) is 4.76. The second-order valence-electron chi connectivity index (χ2n) is 14.7. The molecular weight excluding hydrogens is 645 g/mol. The number of benzene rings is 7. The summed E-state index contributed by atoms with van der Waals surface area (Å²) in [4.78, 5) is 5.43. The Hall–Kier alpha value is -6.71. The van der Waals surface area contributed by atoms with Crippen molar-refractivity contribution in [1.29, 1.82) is 0 Å². The summed E-state index contributed by atoms with van der Waals surface area (Å²) in [6.07, 6.45) is 0. The van der Waals surface area contributed by atoms with Crippen molar-refractivity contribution in [2.75, 3.05) is 0 Å². The Kier molecular flexibility index (Phi) is 6.30. The lowest BCUT2D eigenvalue weighted by molar-refractivity contribution is 0.666. The van der Waals surface area contributed by atoms with E-state index in [-0.39, 0.29) is 5.41 Å². The van der Waals surface area contributed by atoms with E-state index in [4.69, 9.17) is 9.40 Å². The molecule has 1 aliphatic carbocycles. The van der Waals surface area contributed by atoms with Gasteiger partial charge >= 0.3 is 0 Å². The highest BCUT2D eigenvalue weighted by Gasteiger charge is 2.38. The van der Waals surface area contributed by atoms with E-state index in [2.05, 4.69) is 176 Å². The molecular formula is C50H34N2O. The first-order valence-electron chi connectivity index (χ1n) is 18.3. The zero-order valence-electron chi connectivity index (χ0n) is 29.5. The predicted molar refractivity (Wildman–Crippen MR) is 220 cm³/mol. The quantitative estimate of drug-likeness (QED) is 0.185. The van der Waals surface area contributed by atoms with Crippen LogP contribution < -0.4 is 0 Å². The molecule has 0 saturated carbocycles. The lowest BCUT2D eigenvalue weighted by atomic mass is 9.80. The Morgan fingerprint density at radius 2 is 1.17 bits per heavy atom. The summed E-state index contributed by atoms with van der Waals surface area (Å²) in [5.74, 6) is 0. The Labute approximate surface area is 307 Å². The highest BCUT2D eigenvalue weighted by molar-refractivity contribution is 6.15. The summed E-state index contributed by atoms with van der Waals surface area (Å²) >= 11 is 0. The normalized spacial score (nSPS) is 13.2. The molecule has 3 heteroatoms. The van der Waals surface area contributed by atoms with E-state index in [0.717, 1.165) is 55.7 Å². The second-order valence-corrected chi connectivity index (χ2v) is 14.7. The molecule has 11 rings (SSSR count). The summed E-state index contributed by atoms with van der Waals surface area (Å²) in [6.45, 7) is 4.75. The molecule has 0 atom stereocenters. The molecule has 53 heavy (non-hydrogen) atoms. The average molecular weight is 679 g/mol. The Morgan fingerprint density at radius 1 is 0.491 bits per heavy atom. The van der Waals surface area contributed by atoms with Crippen molar-refractivity contribution in [2.45, 2.75) is 19.3 Å². The number of fused-ring (bicyclic) bond motifs is 10. The number of rotatable bonds is 4. The zero-order chi connectivity index (χ0) is 35.3. The van der Waals surface area contributed by atoms with Gasteiger partial charge in [-0.3, -0.25) is 0 Å². The third-order valence-corrected chi connectivity index (χ3v) is 11.4. The van der Waals surface area contributed by atoms with Gasteiger partial charge in [0.05, 0.1) is 28.1 Å². The van der Waals surface area contributed by atoms with Gasteiger partial charge in [0, 0.05) is 38.1 Å². The third-order valence-electron chi connectivity index (χ3n) is 11.4. The molecule has 0 radical (unpaired) electrons. The highest BCUT2D eigenvalue weighted by Crippen LogP contribution is 2.53. The summed E-state index contributed by atoms with van der Waals surface area (Å²) < 4.78 is 9.03. The van der Waals surface area contributed by atoms with E-state index in [9.17, 15) is 0 Å². The van der Waals surface area contributed by atoms with Crippen LogP contribution in [0, 0.1) is 0 Å². The van der Waals surface area contributed by atoms with Crippen LogP contribution in [-0.4, -0.2) is 9.55 Å². The smallest absolute Gasteiger partial charge is 0.144 e. The molecule has 0 spiro atoms. The van der Waals surface area contributed by atoms with E-state index in [0.29, 0.717) is 0 Å². The minimum Gasteiger partial charge on any atom is -0.455 e. The minimum absolute atomic E-state index is 0.149. The highest BCUT2D eigenvalue weighted by atomic mass is 16.3. The van der Waals surface area contributed by atoms with Crippen LogP contribution >= 0.6 is 0 Å². The monoisotopic (exact) mass is 678 g/mol. The number of para-hydroxylation sites is 3. The predicted octanol–water partition coefficient (Wildman–Crippen LogP) is 13.4. The minimum atomic E-state index is -0.149. The van der Waals surface area contributed by atoms with Gasteiger partial charge in [0.1, 0.15) is 11.2 Å². The summed E-state index contributed by atoms with van der Waals surface area (Å²) in [7, 11) is 0. The van der Waals surface area contributed by atoms with Gasteiger partial charge in [0.2, 0.25) is 0 Å². The van der Waals surface area contributed by atoms with Gasteiger partial charge in [-0.25, -0.2) is 4.98 Å². The summed E-state index contributed by atoms with van der Waals surface area (Å²) in [6, 6.07) is 60.9. The molecule has 0 N–H and O–H groups in total. The van der Waals surface area contributed by atoms with Gasteiger partial charge in [-0.05, 0) is 75.8 Å². The first-order chi connectivity index (χ1) is 26.0. The lowest BCUT2D eigenvalue weighted by Gasteiger charge is -2.22. The molecule has 0 fully saturated rings. The zero-order valence-corrected chi connectivity index (χ0v) is 29.5. The Bertz CT molecular complexity index is 3090. The van der Waals surface area contributed by atoms with Gasteiger partial charge in [0.25, 0.3) is 0 Å². The SMILES string of the molecule is CC1(C)c2ccccc2-c2ccc3c(c21)c1ccccc1n3-c1cc(-c2cccc(-c3ccccc3)c2)nc(-c2cccc3c2oc2ccccc23)c1. The van der Waals surface area contributed by atoms with Crippen LogP contribution in [0.15, 0.2) is 174 Å². The Balaban J connectivity index is 1.21. The van der Waals surface area contributed by atoms with Crippen molar-refractivity contribution in [3.8, 4) is 50.5 Å². The van der Waals surface area contributed by atoms with Crippen LogP contribution in [-0.2, 0) is 5.41 Å². The first-order valence-corrected chi connectivity index (χ1v) is 18.3. The van der Waals surface area contributed by atoms with E-state index >= 15 is 0 Å². The van der Waals surface area contributed by atoms with Crippen molar-refractivity contribution >= 4 is 43.7 Å². The standard InChI is InChI=1S/C50H34N2O/c1-50(2)41-23-9-6-18-35(41)37-26-27-45-47(48(37)50)40-20-7-10-24-44(40)52(45)34-29-42(33-17-12-16-32(28-33)31-14-4-3-5-15-31)51-43(30-34)39-22-13-21-38-36-19-8-11-25-46(36)53-49(38)39/h3-30H,1-2H3. The van der Waals surface area contributed by atoms with E-state index in [1.807, 2.05) is 12.1 Å². The van der Waals surface area contributed by atoms with Crippen LogP contribution in [0.25, 0.3) is 94.2 Å². The first kappa shape index (κ1) is 30.0. The van der Waals surface area contributed by atoms with Gasteiger partial charge < -0.3 is 8.98 Å². The van der Waals surface area contributed by atoms with Gasteiger partial charge in [-0.2, -0.15) is 0 Å². The fourth-order valence-corrected chi connectivity index (χ4v) is 8.98. The van der Waals surface area contributed by atoms with Gasteiger partial charge in [-0.15, -0.1) is 0 Å². The average Bonchev–Trinajstić information content (AvgIpc) is 3.84. The maximum absolute atomic E-state index is 6.59. The van der Waals surface area contributed by atoms with E-state index in [1.165, 1.54) is 49.6 Å². The van der Waals surface area contributed by atoms with Crippen molar-refractivity contribution in [1.82, 2.24) is 9.55 Å². The molecule has 3 nitrogen and oxygen atoms in total. The Morgan fingerprint density at radius 3 is 2.08 bits per heavy atom. The number of furan rings is 1. The van der Waals surface area contributed by atoms with Crippen molar-refractivity contribution in [3.63, 3.8) is 0 Å². The van der Waals surface area contributed by atoms with Crippen LogP contribution in [0.3, 0.4) is 0 Å². The third kappa shape index (κ3) is 4.37. The van der Waals surface area contributed by atoms with Crippen LogP contribution in [0.1, 0.15) is 25.0 Å². The number of hydrogen-bond donors (Lipinski definition) is 0. The fourth-order valence-electron chi connectivity index (χ4n) is 8.98.